The lowest BCUT2D eigenvalue weighted by Crippen LogP contribution is -2.43. The molecule has 0 fully saturated rings. The second kappa shape index (κ2) is 5.94. The maximum atomic E-state index is 5.46. The number of aryl methyl sites for hydroxylation is 1. The zero-order valence-corrected chi connectivity index (χ0v) is 13.9. The second-order valence-corrected chi connectivity index (χ2v) is 6.26. The van der Waals surface area contributed by atoms with E-state index in [4.69, 9.17) is 4.74 Å². The maximum absolute atomic E-state index is 5.46. The first-order chi connectivity index (χ1) is 10.3. The van der Waals surface area contributed by atoms with Crippen LogP contribution >= 0.6 is 12.4 Å². The van der Waals surface area contributed by atoms with Crippen molar-refractivity contribution in [1.82, 2.24) is 4.90 Å². The monoisotopic (exact) mass is 315 g/mol. The molecule has 1 aliphatic carbocycles. The molecule has 2 aliphatic rings. The third-order valence-corrected chi connectivity index (χ3v) is 5.16. The van der Waals surface area contributed by atoms with Gasteiger partial charge in [0.25, 0.3) is 0 Å². The molecule has 2 unspecified atom stereocenters. The fourth-order valence-corrected chi connectivity index (χ4v) is 4.11. The zero-order chi connectivity index (χ0) is 14.4. The van der Waals surface area contributed by atoms with Gasteiger partial charge in [-0.2, -0.15) is 0 Å². The molecule has 3 heteroatoms. The van der Waals surface area contributed by atoms with Gasteiger partial charge in [0.05, 0.1) is 7.11 Å². The summed E-state index contributed by atoms with van der Waals surface area (Å²) >= 11 is 0. The van der Waals surface area contributed by atoms with Crippen LogP contribution in [-0.2, 0) is 13.0 Å². The Hall–Kier alpha value is -1.51. The minimum atomic E-state index is 0. The van der Waals surface area contributed by atoms with E-state index in [0.717, 1.165) is 12.3 Å². The third kappa shape index (κ3) is 2.31. The molecule has 2 aromatic rings. The number of methoxy groups -OCH3 is 1. The van der Waals surface area contributed by atoms with Crippen LogP contribution in [0.4, 0.5) is 0 Å². The molecule has 0 aromatic heterocycles. The Morgan fingerprint density at radius 3 is 2.68 bits per heavy atom. The van der Waals surface area contributed by atoms with E-state index in [0.29, 0.717) is 12.0 Å². The van der Waals surface area contributed by atoms with Crippen LogP contribution in [0.2, 0.25) is 0 Å². The van der Waals surface area contributed by atoms with E-state index in [9.17, 15) is 0 Å². The quantitative estimate of drug-likeness (QED) is 0.788. The molecule has 0 saturated heterocycles. The second-order valence-electron chi connectivity index (χ2n) is 6.26. The molecule has 116 valence electrons. The van der Waals surface area contributed by atoms with Crippen LogP contribution in [0.15, 0.2) is 42.5 Å². The van der Waals surface area contributed by atoms with Crippen molar-refractivity contribution in [1.29, 1.82) is 0 Å². The van der Waals surface area contributed by atoms with Gasteiger partial charge in [-0.05, 0) is 54.3 Å². The van der Waals surface area contributed by atoms with Gasteiger partial charge in [0.1, 0.15) is 5.75 Å². The standard InChI is InChI=1S/C19H21NO.ClH/c1-20-12-14-5-3-4-6-16(14)19-17-11-15(21-2)9-7-13(17)8-10-18(19)20;/h3-7,9,11,18-19H,8,10,12H2,1-2H3;1H. The topological polar surface area (TPSA) is 12.5 Å². The number of hydrogen-bond donors (Lipinski definition) is 0. The van der Waals surface area contributed by atoms with Crippen LogP contribution in [-0.4, -0.2) is 25.1 Å². The van der Waals surface area contributed by atoms with Crippen molar-refractivity contribution in [2.24, 2.45) is 0 Å². The molecule has 1 heterocycles. The van der Waals surface area contributed by atoms with Crippen molar-refractivity contribution in [3.63, 3.8) is 0 Å². The molecule has 4 rings (SSSR count). The molecular formula is C19H22ClNO. The molecule has 2 atom stereocenters. The molecule has 1 aliphatic heterocycles. The average Bonchev–Trinajstić information content (AvgIpc) is 2.54. The summed E-state index contributed by atoms with van der Waals surface area (Å²) in [6, 6.07) is 16.1. The highest BCUT2D eigenvalue weighted by atomic mass is 35.5. The molecule has 2 aromatic carbocycles. The summed E-state index contributed by atoms with van der Waals surface area (Å²) in [7, 11) is 4.02. The number of benzene rings is 2. The van der Waals surface area contributed by atoms with Gasteiger partial charge in [0, 0.05) is 18.5 Å². The molecule has 0 saturated carbocycles. The van der Waals surface area contributed by atoms with Gasteiger partial charge in [0.15, 0.2) is 0 Å². The summed E-state index contributed by atoms with van der Waals surface area (Å²) < 4.78 is 5.46. The number of likely N-dealkylation sites (N-methyl/N-ethyl adjacent to an activating group) is 1. The van der Waals surface area contributed by atoms with Gasteiger partial charge >= 0.3 is 0 Å². The van der Waals surface area contributed by atoms with E-state index < -0.39 is 0 Å². The fraction of sp³-hybridized carbons (Fsp3) is 0.368. The third-order valence-electron chi connectivity index (χ3n) is 5.16. The van der Waals surface area contributed by atoms with Crippen LogP contribution in [0.25, 0.3) is 0 Å². The van der Waals surface area contributed by atoms with E-state index >= 15 is 0 Å². The Morgan fingerprint density at radius 2 is 1.86 bits per heavy atom. The molecule has 0 radical (unpaired) electrons. The molecule has 22 heavy (non-hydrogen) atoms. The lowest BCUT2D eigenvalue weighted by atomic mass is 9.72. The first kappa shape index (κ1) is 15.4. The summed E-state index contributed by atoms with van der Waals surface area (Å²) in [5, 5.41) is 0. The van der Waals surface area contributed by atoms with E-state index in [2.05, 4.69) is 54.4 Å². The van der Waals surface area contributed by atoms with Crippen molar-refractivity contribution in [3.05, 3.63) is 64.7 Å². The minimum Gasteiger partial charge on any atom is -0.497 e. The predicted molar refractivity (Wildman–Crippen MR) is 92.1 cm³/mol. The largest absolute Gasteiger partial charge is 0.497 e. The number of rotatable bonds is 1. The predicted octanol–water partition coefficient (Wildman–Crippen LogP) is 4.01. The van der Waals surface area contributed by atoms with E-state index in [1.807, 2.05) is 0 Å². The number of hydrogen-bond acceptors (Lipinski definition) is 2. The summed E-state index contributed by atoms with van der Waals surface area (Å²) in [5.41, 5.74) is 5.93. The summed E-state index contributed by atoms with van der Waals surface area (Å²) in [6.45, 7) is 1.07. The Morgan fingerprint density at radius 1 is 1.05 bits per heavy atom. The highest BCUT2D eigenvalue weighted by Crippen LogP contribution is 2.44. The lowest BCUT2D eigenvalue weighted by molar-refractivity contribution is 0.178. The number of halogens is 1. The van der Waals surface area contributed by atoms with Gasteiger partial charge < -0.3 is 4.74 Å². The maximum Gasteiger partial charge on any atom is 0.119 e. The summed E-state index contributed by atoms with van der Waals surface area (Å²) in [6.07, 6.45) is 2.42. The first-order valence-corrected chi connectivity index (χ1v) is 7.73. The van der Waals surface area contributed by atoms with E-state index in [-0.39, 0.29) is 12.4 Å². The van der Waals surface area contributed by atoms with Crippen LogP contribution in [0.3, 0.4) is 0 Å². The van der Waals surface area contributed by atoms with Gasteiger partial charge in [-0.15, -0.1) is 12.4 Å². The van der Waals surface area contributed by atoms with Crippen LogP contribution in [0.1, 0.15) is 34.6 Å². The summed E-state index contributed by atoms with van der Waals surface area (Å²) in [5.74, 6) is 1.46. The molecule has 2 nitrogen and oxygen atoms in total. The van der Waals surface area contributed by atoms with Crippen LogP contribution in [0.5, 0.6) is 5.75 Å². The van der Waals surface area contributed by atoms with Crippen molar-refractivity contribution in [3.8, 4) is 5.75 Å². The Kier molecular flexibility index (Phi) is 4.16. The fourth-order valence-electron chi connectivity index (χ4n) is 4.11. The highest BCUT2D eigenvalue weighted by molar-refractivity contribution is 5.85. The zero-order valence-electron chi connectivity index (χ0n) is 13.1. The lowest BCUT2D eigenvalue weighted by Gasteiger charge is -2.44. The van der Waals surface area contributed by atoms with E-state index in [1.165, 1.54) is 35.1 Å². The van der Waals surface area contributed by atoms with E-state index in [1.54, 1.807) is 7.11 Å². The van der Waals surface area contributed by atoms with Crippen LogP contribution in [0, 0.1) is 0 Å². The smallest absolute Gasteiger partial charge is 0.119 e. The van der Waals surface area contributed by atoms with Gasteiger partial charge in [0.2, 0.25) is 0 Å². The summed E-state index contributed by atoms with van der Waals surface area (Å²) in [4.78, 5) is 2.52. The van der Waals surface area contributed by atoms with Crippen molar-refractivity contribution < 1.29 is 4.74 Å². The van der Waals surface area contributed by atoms with Gasteiger partial charge in [-0.1, -0.05) is 30.3 Å². The molecule has 0 amide bonds. The van der Waals surface area contributed by atoms with Crippen molar-refractivity contribution in [2.75, 3.05) is 14.2 Å². The first-order valence-electron chi connectivity index (χ1n) is 7.73. The van der Waals surface area contributed by atoms with Crippen LogP contribution < -0.4 is 4.74 Å². The Bertz CT molecular complexity index is 685. The number of ether oxygens (including phenoxy) is 1. The Balaban J connectivity index is 0.00000144. The van der Waals surface area contributed by atoms with Gasteiger partial charge in [-0.25, -0.2) is 0 Å². The Labute approximate surface area is 138 Å². The molecule has 0 N–H and O–H groups in total. The van der Waals surface area contributed by atoms with Crippen molar-refractivity contribution in [2.45, 2.75) is 31.3 Å². The minimum absolute atomic E-state index is 0. The number of fused-ring (bicyclic) bond motifs is 5. The molecule has 0 spiro atoms. The molecule has 0 bridgehead atoms. The SMILES string of the molecule is COc1ccc2c(c1)C1c3ccccc3CN(C)C1CC2.Cl. The normalized spacial score (nSPS) is 22.8. The average molecular weight is 316 g/mol. The van der Waals surface area contributed by atoms with Crippen molar-refractivity contribution >= 4 is 12.4 Å². The molecular weight excluding hydrogens is 294 g/mol. The number of nitrogens with zero attached hydrogens (tertiary/aromatic N) is 1. The highest BCUT2D eigenvalue weighted by Gasteiger charge is 2.37. The van der Waals surface area contributed by atoms with Gasteiger partial charge in [-0.3, -0.25) is 4.90 Å².